The number of para-hydroxylation sites is 4. The van der Waals surface area contributed by atoms with Crippen molar-refractivity contribution in [2.75, 3.05) is 0 Å². The Morgan fingerprint density at radius 2 is 1.04 bits per heavy atom. The molecule has 6 aromatic carbocycles. The molecule has 10 rings (SSSR count). The van der Waals surface area contributed by atoms with Crippen LogP contribution in [0.3, 0.4) is 0 Å². The molecule has 0 saturated carbocycles. The van der Waals surface area contributed by atoms with Gasteiger partial charge in [0.25, 0.3) is 0 Å². The van der Waals surface area contributed by atoms with Crippen molar-refractivity contribution in [3.05, 3.63) is 146 Å². The SMILES string of the molecule is C[Si]1(C)c2ccccc2-c2c(-c3ccc4c(c3)c3ccccc3n4-c3ccccc3)nc(-n3c4ccccc4c4ccccc43)nc21. The Balaban J connectivity index is 1.31. The molecule has 5 heteroatoms. The van der Waals surface area contributed by atoms with Crippen molar-refractivity contribution < 1.29 is 0 Å². The third-order valence-corrected chi connectivity index (χ3v) is 13.4. The van der Waals surface area contributed by atoms with Crippen LogP contribution in [0.25, 0.3) is 77.6 Å². The fourth-order valence-corrected chi connectivity index (χ4v) is 10.9. The summed E-state index contributed by atoms with van der Waals surface area (Å²) in [6.45, 7) is 4.86. The highest BCUT2D eigenvalue weighted by Gasteiger charge is 2.41. The molecule has 0 atom stereocenters. The fourth-order valence-electron chi connectivity index (χ4n) is 7.95. The number of hydrogen-bond donors (Lipinski definition) is 0. The summed E-state index contributed by atoms with van der Waals surface area (Å²) in [5, 5.41) is 7.50. The second kappa shape index (κ2) is 9.61. The van der Waals surface area contributed by atoms with E-state index in [1.54, 1.807) is 0 Å². The molecule has 47 heavy (non-hydrogen) atoms. The van der Waals surface area contributed by atoms with E-state index in [4.69, 9.17) is 9.97 Å². The van der Waals surface area contributed by atoms with Gasteiger partial charge in [-0.05, 0) is 53.2 Å². The van der Waals surface area contributed by atoms with Crippen molar-refractivity contribution in [1.82, 2.24) is 19.1 Å². The highest BCUT2D eigenvalue weighted by Crippen LogP contribution is 2.40. The molecule has 0 fully saturated rings. The lowest BCUT2D eigenvalue weighted by Gasteiger charge is -2.19. The third-order valence-electron chi connectivity index (χ3n) is 10.1. The minimum atomic E-state index is -2.13. The van der Waals surface area contributed by atoms with Crippen LogP contribution < -0.4 is 10.5 Å². The topological polar surface area (TPSA) is 35.6 Å². The molecule has 0 saturated heterocycles. The van der Waals surface area contributed by atoms with Gasteiger partial charge in [0.1, 0.15) is 8.07 Å². The zero-order valence-corrected chi connectivity index (χ0v) is 27.1. The smallest absolute Gasteiger partial charge is 0.235 e. The van der Waals surface area contributed by atoms with Gasteiger partial charge in [0.2, 0.25) is 5.95 Å². The maximum Gasteiger partial charge on any atom is 0.235 e. The van der Waals surface area contributed by atoms with Gasteiger partial charge in [0.05, 0.1) is 27.8 Å². The van der Waals surface area contributed by atoms with Crippen molar-refractivity contribution in [3.8, 4) is 34.0 Å². The van der Waals surface area contributed by atoms with E-state index in [2.05, 4.69) is 168 Å². The first-order valence-corrected chi connectivity index (χ1v) is 19.2. The summed E-state index contributed by atoms with van der Waals surface area (Å²) in [6.07, 6.45) is 0. The van der Waals surface area contributed by atoms with Gasteiger partial charge in [-0.2, -0.15) is 0 Å². The summed E-state index contributed by atoms with van der Waals surface area (Å²) in [4.78, 5) is 11.1. The van der Waals surface area contributed by atoms with Crippen molar-refractivity contribution in [3.63, 3.8) is 0 Å². The predicted octanol–water partition coefficient (Wildman–Crippen LogP) is 9.14. The highest BCUT2D eigenvalue weighted by atomic mass is 28.3. The molecular weight excluding hydrogens is 589 g/mol. The number of nitrogens with zero attached hydrogens (tertiary/aromatic N) is 4. The Bertz CT molecular complexity index is 2660. The Kier molecular flexibility index (Phi) is 5.41. The zero-order chi connectivity index (χ0) is 31.3. The summed E-state index contributed by atoms with van der Waals surface area (Å²) >= 11 is 0. The predicted molar refractivity (Wildman–Crippen MR) is 198 cm³/mol. The molecule has 9 aromatic rings. The quantitative estimate of drug-likeness (QED) is 0.185. The van der Waals surface area contributed by atoms with Gasteiger partial charge in [-0.25, -0.2) is 9.97 Å². The molecule has 222 valence electrons. The lowest BCUT2D eigenvalue weighted by Crippen LogP contribution is -2.51. The van der Waals surface area contributed by atoms with Crippen molar-refractivity contribution >= 4 is 62.2 Å². The van der Waals surface area contributed by atoms with Crippen LogP contribution in [-0.4, -0.2) is 27.2 Å². The number of hydrogen-bond acceptors (Lipinski definition) is 2. The molecule has 0 unspecified atom stereocenters. The summed E-state index contributed by atoms with van der Waals surface area (Å²) in [6, 6.07) is 52.4. The van der Waals surface area contributed by atoms with Crippen LogP contribution in [0, 0.1) is 0 Å². The van der Waals surface area contributed by atoms with Gasteiger partial charge in [0, 0.05) is 43.7 Å². The lowest BCUT2D eigenvalue weighted by molar-refractivity contribution is 1.01. The van der Waals surface area contributed by atoms with E-state index in [9.17, 15) is 0 Å². The lowest BCUT2D eigenvalue weighted by atomic mass is 9.99. The Morgan fingerprint density at radius 3 is 1.74 bits per heavy atom. The average Bonchev–Trinajstić information content (AvgIpc) is 3.72. The molecular formula is C42H30N4Si. The first-order valence-electron chi connectivity index (χ1n) is 16.2. The monoisotopic (exact) mass is 618 g/mol. The van der Waals surface area contributed by atoms with Gasteiger partial charge in [0.15, 0.2) is 0 Å². The van der Waals surface area contributed by atoms with E-state index in [0.29, 0.717) is 0 Å². The molecule has 0 N–H and O–H groups in total. The van der Waals surface area contributed by atoms with E-state index in [1.807, 2.05) is 0 Å². The maximum atomic E-state index is 5.54. The van der Waals surface area contributed by atoms with E-state index in [0.717, 1.165) is 33.9 Å². The Morgan fingerprint density at radius 1 is 0.489 bits per heavy atom. The van der Waals surface area contributed by atoms with Crippen LogP contribution in [0.4, 0.5) is 0 Å². The molecule has 0 spiro atoms. The minimum absolute atomic E-state index is 0.733. The number of aromatic nitrogens is 4. The molecule has 3 aromatic heterocycles. The first kappa shape index (κ1) is 26.4. The van der Waals surface area contributed by atoms with E-state index >= 15 is 0 Å². The second-order valence-corrected chi connectivity index (χ2v) is 17.3. The van der Waals surface area contributed by atoms with Gasteiger partial charge >= 0.3 is 0 Å². The van der Waals surface area contributed by atoms with Crippen LogP contribution in [-0.2, 0) is 0 Å². The molecule has 1 aliphatic rings. The number of rotatable bonds is 3. The van der Waals surface area contributed by atoms with Crippen molar-refractivity contribution in [2.45, 2.75) is 13.1 Å². The second-order valence-electron chi connectivity index (χ2n) is 13.1. The standard InChI is InChI=1S/C42H30N4Si/c1-47(2)38-23-13-9-19-32(38)39-40(43-42(44-41(39)47)46-35-21-11-6-16-29(35)30-17-7-12-22-36(30)46)27-24-25-37-33(26-27)31-18-8-10-20-34(31)45(37)28-14-4-3-5-15-28/h3-26H,1-2H3. The van der Waals surface area contributed by atoms with E-state index in [1.165, 1.54) is 54.2 Å². The van der Waals surface area contributed by atoms with Crippen molar-refractivity contribution in [1.29, 1.82) is 0 Å². The Labute approximate surface area is 273 Å². The van der Waals surface area contributed by atoms with Crippen LogP contribution in [0.5, 0.6) is 0 Å². The first-order chi connectivity index (χ1) is 23.1. The van der Waals surface area contributed by atoms with E-state index < -0.39 is 8.07 Å². The van der Waals surface area contributed by atoms with Gasteiger partial charge in [-0.1, -0.05) is 116 Å². The zero-order valence-electron chi connectivity index (χ0n) is 26.1. The number of fused-ring (bicyclic) bond motifs is 9. The summed E-state index contributed by atoms with van der Waals surface area (Å²) in [5.41, 5.74) is 10.3. The molecule has 0 bridgehead atoms. The normalized spacial score (nSPS) is 13.5. The summed E-state index contributed by atoms with van der Waals surface area (Å²) in [7, 11) is -2.13. The van der Waals surface area contributed by atoms with Gasteiger partial charge < -0.3 is 4.57 Å². The molecule has 4 nitrogen and oxygen atoms in total. The number of benzene rings is 6. The molecule has 4 heterocycles. The Hall–Kier alpha value is -5.78. The molecule has 0 radical (unpaired) electrons. The van der Waals surface area contributed by atoms with Crippen molar-refractivity contribution in [2.24, 2.45) is 0 Å². The van der Waals surface area contributed by atoms with Crippen LogP contribution in [0.1, 0.15) is 0 Å². The highest BCUT2D eigenvalue weighted by molar-refractivity contribution is 7.03. The minimum Gasteiger partial charge on any atom is -0.309 e. The van der Waals surface area contributed by atoms with Crippen LogP contribution in [0.15, 0.2) is 146 Å². The summed E-state index contributed by atoms with van der Waals surface area (Å²) < 4.78 is 4.63. The average molecular weight is 619 g/mol. The molecule has 1 aliphatic heterocycles. The van der Waals surface area contributed by atoms with Gasteiger partial charge in [-0.15, -0.1) is 0 Å². The summed E-state index contributed by atoms with van der Waals surface area (Å²) in [5.74, 6) is 0.733. The third kappa shape index (κ3) is 3.63. The van der Waals surface area contributed by atoms with Crippen LogP contribution >= 0.6 is 0 Å². The largest absolute Gasteiger partial charge is 0.309 e. The van der Waals surface area contributed by atoms with Crippen LogP contribution in [0.2, 0.25) is 13.1 Å². The molecule has 0 aliphatic carbocycles. The van der Waals surface area contributed by atoms with Gasteiger partial charge in [-0.3, -0.25) is 4.57 Å². The maximum absolute atomic E-state index is 5.54. The van der Waals surface area contributed by atoms with E-state index in [-0.39, 0.29) is 0 Å². The fraction of sp³-hybridized carbons (Fsp3) is 0.0476. The molecule has 0 amide bonds.